The fourth-order valence-electron chi connectivity index (χ4n) is 2.54. The second-order valence-electron chi connectivity index (χ2n) is 5.57. The van der Waals surface area contributed by atoms with E-state index in [0.29, 0.717) is 5.69 Å². The number of nitrogens with zero attached hydrogens (tertiary/aromatic N) is 1. The number of carbonyl (C=O) groups is 2. The summed E-state index contributed by atoms with van der Waals surface area (Å²) in [4.78, 5) is 26.5. The van der Waals surface area contributed by atoms with E-state index in [1.165, 1.54) is 23.1 Å². The van der Waals surface area contributed by atoms with E-state index >= 15 is 0 Å². The van der Waals surface area contributed by atoms with Crippen LogP contribution >= 0.6 is 35.4 Å². The van der Waals surface area contributed by atoms with Gasteiger partial charge in [0.15, 0.2) is 5.11 Å². The van der Waals surface area contributed by atoms with Gasteiger partial charge in [-0.3, -0.25) is 19.8 Å². The predicted molar refractivity (Wildman–Crippen MR) is 106 cm³/mol. The summed E-state index contributed by atoms with van der Waals surface area (Å²) in [5, 5.41) is 12.8. The average Bonchev–Trinajstić information content (AvgIpc) is 2.57. The maximum atomic E-state index is 12.9. The van der Waals surface area contributed by atoms with E-state index in [4.69, 9.17) is 35.4 Å². The van der Waals surface area contributed by atoms with Gasteiger partial charge in [-0.25, -0.2) is 0 Å². The summed E-state index contributed by atoms with van der Waals surface area (Å²) in [5.74, 6) is -1.55. The number of amides is 2. The van der Waals surface area contributed by atoms with Crippen molar-refractivity contribution in [2.45, 2.75) is 6.92 Å². The number of halogens is 2. The van der Waals surface area contributed by atoms with Gasteiger partial charge in [0.25, 0.3) is 11.8 Å². The van der Waals surface area contributed by atoms with Crippen molar-refractivity contribution in [3.63, 3.8) is 0 Å². The molecule has 5 nitrogen and oxygen atoms in total. The van der Waals surface area contributed by atoms with Crippen LogP contribution in [-0.4, -0.2) is 22.0 Å². The molecule has 26 heavy (non-hydrogen) atoms. The first-order valence-electron chi connectivity index (χ1n) is 7.44. The monoisotopic (exact) mass is 406 g/mol. The second kappa shape index (κ2) is 7.07. The number of aryl methyl sites for hydroxylation is 1. The van der Waals surface area contributed by atoms with E-state index in [0.717, 1.165) is 5.56 Å². The highest BCUT2D eigenvalue weighted by molar-refractivity contribution is 7.80. The first-order chi connectivity index (χ1) is 12.3. The predicted octanol–water partition coefficient (Wildman–Crippen LogP) is 3.84. The maximum Gasteiger partial charge on any atom is 0.270 e. The second-order valence-corrected chi connectivity index (χ2v) is 6.80. The SMILES string of the molecule is Cc1ccccc1N1C(=O)/C(=C/c2cc(Cl)cc(Cl)c2O)C(=O)NC1=S. The van der Waals surface area contributed by atoms with Gasteiger partial charge in [0.2, 0.25) is 0 Å². The Morgan fingerprint density at radius 2 is 1.88 bits per heavy atom. The fraction of sp³-hybridized carbons (Fsp3) is 0.0556. The molecule has 1 saturated heterocycles. The fourth-order valence-corrected chi connectivity index (χ4v) is 3.33. The Hall–Kier alpha value is -2.41. The molecule has 8 heteroatoms. The number of aromatic hydroxyl groups is 1. The van der Waals surface area contributed by atoms with E-state index in [1.54, 1.807) is 12.1 Å². The molecule has 1 aliphatic rings. The summed E-state index contributed by atoms with van der Waals surface area (Å²) in [5.41, 5.74) is 1.32. The zero-order valence-electron chi connectivity index (χ0n) is 13.4. The molecule has 132 valence electrons. The summed E-state index contributed by atoms with van der Waals surface area (Å²) in [6.45, 7) is 1.83. The van der Waals surface area contributed by atoms with Gasteiger partial charge in [-0.1, -0.05) is 41.4 Å². The number of phenolic OH excluding ortho intramolecular Hbond substituents is 1. The van der Waals surface area contributed by atoms with E-state index in [2.05, 4.69) is 5.32 Å². The standard InChI is InChI=1S/C18H12Cl2N2O3S/c1-9-4-2-3-5-14(9)22-17(25)12(16(24)21-18(22)26)7-10-6-11(19)8-13(20)15(10)23/h2-8,23H,1H3,(H,21,24,26)/b12-7+. The lowest BCUT2D eigenvalue weighted by Crippen LogP contribution is -2.54. The van der Waals surface area contributed by atoms with Crippen molar-refractivity contribution < 1.29 is 14.7 Å². The first kappa shape index (κ1) is 18.4. The van der Waals surface area contributed by atoms with Crippen LogP contribution in [0.5, 0.6) is 5.75 Å². The third-order valence-corrected chi connectivity index (χ3v) is 4.61. The van der Waals surface area contributed by atoms with E-state index in [-0.39, 0.29) is 32.0 Å². The lowest BCUT2D eigenvalue weighted by Gasteiger charge is -2.30. The molecule has 2 amide bonds. The minimum absolute atomic E-state index is 0.0132. The van der Waals surface area contributed by atoms with Crippen molar-refractivity contribution in [1.82, 2.24) is 5.32 Å². The largest absolute Gasteiger partial charge is 0.506 e. The molecule has 0 aliphatic carbocycles. The van der Waals surface area contributed by atoms with Crippen molar-refractivity contribution in [1.29, 1.82) is 0 Å². The van der Waals surface area contributed by atoms with Gasteiger partial charge < -0.3 is 5.11 Å². The third kappa shape index (κ3) is 3.31. The minimum atomic E-state index is -0.666. The number of hydrogen-bond acceptors (Lipinski definition) is 4. The van der Waals surface area contributed by atoms with Crippen LogP contribution in [0.1, 0.15) is 11.1 Å². The third-order valence-electron chi connectivity index (χ3n) is 3.82. The zero-order chi connectivity index (χ0) is 19.0. The quantitative estimate of drug-likeness (QED) is 0.451. The number of thiocarbonyl (C=S) groups is 1. The molecule has 0 radical (unpaired) electrons. The average molecular weight is 407 g/mol. The van der Waals surface area contributed by atoms with Gasteiger partial charge in [-0.2, -0.15) is 0 Å². The highest BCUT2D eigenvalue weighted by Gasteiger charge is 2.35. The Kier molecular flexibility index (Phi) is 5.00. The minimum Gasteiger partial charge on any atom is -0.506 e. The van der Waals surface area contributed by atoms with Crippen LogP contribution in [0.4, 0.5) is 5.69 Å². The smallest absolute Gasteiger partial charge is 0.270 e. The first-order valence-corrected chi connectivity index (χ1v) is 8.61. The molecule has 0 aromatic heterocycles. The number of carbonyl (C=O) groups excluding carboxylic acids is 2. The lowest BCUT2D eigenvalue weighted by molar-refractivity contribution is -0.122. The number of phenols is 1. The lowest BCUT2D eigenvalue weighted by atomic mass is 10.1. The van der Waals surface area contributed by atoms with Crippen molar-refractivity contribution in [3.8, 4) is 5.75 Å². The van der Waals surface area contributed by atoms with Crippen LogP contribution < -0.4 is 10.2 Å². The molecule has 0 bridgehead atoms. The van der Waals surface area contributed by atoms with Crippen LogP contribution in [0.2, 0.25) is 10.0 Å². The molecule has 3 rings (SSSR count). The number of anilines is 1. The van der Waals surface area contributed by atoms with E-state index in [9.17, 15) is 14.7 Å². The molecule has 2 aromatic carbocycles. The molecule has 0 atom stereocenters. The number of benzene rings is 2. The van der Waals surface area contributed by atoms with E-state index < -0.39 is 11.8 Å². The summed E-state index contributed by atoms with van der Waals surface area (Å²) in [7, 11) is 0. The van der Waals surface area contributed by atoms with Crippen molar-refractivity contribution in [3.05, 3.63) is 63.1 Å². The van der Waals surface area contributed by atoms with Gasteiger partial charge in [-0.05, 0) is 49.0 Å². The molecule has 0 spiro atoms. The molecule has 1 fully saturated rings. The van der Waals surface area contributed by atoms with Gasteiger partial charge in [0.1, 0.15) is 11.3 Å². The number of hydrogen-bond donors (Lipinski definition) is 2. The Morgan fingerprint density at radius 3 is 2.58 bits per heavy atom. The zero-order valence-corrected chi connectivity index (χ0v) is 15.7. The molecular weight excluding hydrogens is 395 g/mol. The van der Waals surface area contributed by atoms with Crippen LogP contribution in [0.3, 0.4) is 0 Å². The topological polar surface area (TPSA) is 69.6 Å². The van der Waals surface area contributed by atoms with E-state index in [1.807, 2.05) is 19.1 Å². The van der Waals surface area contributed by atoms with Crippen molar-refractivity contribution in [2.75, 3.05) is 4.90 Å². The van der Waals surface area contributed by atoms with Gasteiger partial charge >= 0.3 is 0 Å². The number of rotatable bonds is 2. The molecular formula is C18H12Cl2N2O3S. The van der Waals surface area contributed by atoms with Gasteiger partial charge in [0, 0.05) is 10.6 Å². The molecule has 2 N–H and O–H groups in total. The molecule has 0 unspecified atom stereocenters. The summed E-state index contributed by atoms with van der Waals surface area (Å²) >= 11 is 17.0. The Labute approximate surface area is 164 Å². The van der Waals surface area contributed by atoms with Crippen molar-refractivity contribution in [2.24, 2.45) is 0 Å². The Morgan fingerprint density at radius 1 is 1.19 bits per heavy atom. The highest BCUT2D eigenvalue weighted by atomic mass is 35.5. The summed E-state index contributed by atoms with van der Waals surface area (Å²) < 4.78 is 0. The summed E-state index contributed by atoms with van der Waals surface area (Å²) in [6.07, 6.45) is 1.23. The van der Waals surface area contributed by atoms with Gasteiger partial charge in [0.05, 0.1) is 10.7 Å². The van der Waals surface area contributed by atoms with Crippen LogP contribution in [0.15, 0.2) is 42.0 Å². The van der Waals surface area contributed by atoms with Crippen LogP contribution in [0, 0.1) is 6.92 Å². The highest BCUT2D eigenvalue weighted by Crippen LogP contribution is 2.33. The number of para-hydroxylation sites is 1. The Bertz CT molecular complexity index is 988. The van der Waals surface area contributed by atoms with Crippen LogP contribution in [-0.2, 0) is 9.59 Å². The Balaban J connectivity index is 2.11. The van der Waals surface area contributed by atoms with Crippen molar-refractivity contribution >= 4 is 64.1 Å². The normalized spacial score (nSPS) is 16.2. The van der Waals surface area contributed by atoms with Crippen LogP contribution in [0.25, 0.3) is 6.08 Å². The molecule has 1 heterocycles. The summed E-state index contributed by atoms with van der Waals surface area (Å²) in [6, 6.07) is 9.91. The molecule has 0 saturated carbocycles. The van der Waals surface area contributed by atoms with Gasteiger partial charge in [-0.15, -0.1) is 0 Å². The molecule has 2 aromatic rings. The molecule has 1 aliphatic heterocycles. The maximum absolute atomic E-state index is 12.9. The number of nitrogens with one attached hydrogen (secondary N) is 1.